The molecular weight excluding hydrogens is 182 g/mol. The smallest absolute Gasteiger partial charge is 0.0118 e. The van der Waals surface area contributed by atoms with Crippen LogP contribution in [-0.2, 0) is 0 Å². The highest BCUT2D eigenvalue weighted by molar-refractivity contribution is 4.85. The van der Waals surface area contributed by atoms with E-state index in [2.05, 4.69) is 39.9 Å². The Labute approximate surface area is 96.0 Å². The average molecular weight is 211 g/mol. The van der Waals surface area contributed by atoms with Crippen LogP contribution in [0.25, 0.3) is 0 Å². The first-order valence-electron chi connectivity index (χ1n) is 6.69. The Morgan fingerprint density at radius 1 is 1.13 bits per heavy atom. The van der Waals surface area contributed by atoms with Gasteiger partial charge in [0.2, 0.25) is 0 Å². The fraction of sp³-hybridized carbons (Fsp3) is 1.00. The second-order valence-electron chi connectivity index (χ2n) is 6.31. The van der Waals surface area contributed by atoms with Gasteiger partial charge in [0.1, 0.15) is 0 Å². The monoisotopic (exact) mass is 211 g/mol. The molecule has 0 saturated heterocycles. The van der Waals surface area contributed by atoms with Crippen molar-refractivity contribution in [3.05, 3.63) is 0 Å². The molecule has 0 heterocycles. The molecule has 1 heteroatoms. The van der Waals surface area contributed by atoms with E-state index in [9.17, 15) is 0 Å². The maximum atomic E-state index is 3.81. The standard InChI is InChI=1S/C14H29N/c1-6-14(4,5)10-15-13-11(2)8-7-9-12(13)3/h11-13,15H,6-10H2,1-5H3. The fourth-order valence-corrected chi connectivity index (χ4v) is 2.60. The highest BCUT2D eigenvalue weighted by Crippen LogP contribution is 2.29. The molecule has 0 aromatic rings. The van der Waals surface area contributed by atoms with E-state index in [4.69, 9.17) is 0 Å². The van der Waals surface area contributed by atoms with E-state index in [1.165, 1.54) is 32.2 Å². The van der Waals surface area contributed by atoms with Crippen LogP contribution in [0.2, 0.25) is 0 Å². The molecule has 1 rings (SSSR count). The minimum Gasteiger partial charge on any atom is -0.313 e. The SMILES string of the molecule is CCC(C)(C)CNC1C(C)CCCC1C. The van der Waals surface area contributed by atoms with Crippen molar-refractivity contribution in [3.63, 3.8) is 0 Å². The van der Waals surface area contributed by atoms with Gasteiger partial charge in [0.05, 0.1) is 0 Å². The van der Waals surface area contributed by atoms with Gasteiger partial charge in [-0.15, -0.1) is 0 Å². The number of hydrogen-bond donors (Lipinski definition) is 1. The number of rotatable bonds is 4. The van der Waals surface area contributed by atoms with Crippen molar-refractivity contribution >= 4 is 0 Å². The Balaban J connectivity index is 2.42. The normalized spacial score (nSPS) is 33.0. The van der Waals surface area contributed by atoms with Gasteiger partial charge in [0, 0.05) is 12.6 Å². The Kier molecular flexibility index (Phi) is 4.64. The molecule has 0 bridgehead atoms. The van der Waals surface area contributed by atoms with Crippen LogP contribution >= 0.6 is 0 Å². The summed E-state index contributed by atoms with van der Waals surface area (Å²) in [5.41, 5.74) is 0.455. The first-order chi connectivity index (χ1) is 6.96. The highest BCUT2D eigenvalue weighted by atomic mass is 14.9. The van der Waals surface area contributed by atoms with Gasteiger partial charge in [0.25, 0.3) is 0 Å². The summed E-state index contributed by atoms with van der Waals surface area (Å²) in [6.45, 7) is 13.0. The van der Waals surface area contributed by atoms with Crippen LogP contribution in [0.4, 0.5) is 0 Å². The second kappa shape index (κ2) is 5.34. The molecule has 1 N–H and O–H groups in total. The maximum Gasteiger partial charge on any atom is 0.0118 e. The van der Waals surface area contributed by atoms with Gasteiger partial charge >= 0.3 is 0 Å². The van der Waals surface area contributed by atoms with Gasteiger partial charge in [-0.1, -0.05) is 41.0 Å². The third-order valence-corrected chi connectivity index (χ3v) is 4.32. The largest absolute Gasteiger partial charge is 0.313 e. The Morgan fingerprint density at radius 2 is 1.67 bits per heavy atom. The zero-order chi connectivity index (χ0) is 11.5. The molecule has 1 nitrogen and oxygen atoms in total. The molecule has 0 spiro atoms. The molecule has 0 aromatic carbocycles. The number of hydrogen-bond acceptors (Lipinski definition) is 1. The lowest BCUT2D eigenvalue weighted by molar-refractivity contribution is 0.184. The first-order valence-corrected chi connectivity index (χ1v) is 6.69. The highest BCUT2D eigenvalue weighted by Gasteiger charge is 2.28. The third kappa shape index (κ3) is 3.79. The Bertz CT molecular complexity index is 176. The zero-order valence-electron chi connectivity index (χ0n) is 11.3. The van der Waals surface area contributed by atoms with Crippen molar-refractivity contribution in [2.24, 2.45) is 17.3 Å². The van der Waals surface area contributed by atoms with E-state index in [0.29, 0.717) is 5.41 Å². The Hall–Kier alpha value is -0.0400. The summed E-state index contributed by atoms with van der Waals surface area (Å²) in [4.78, 5) is 0. The third-order valence-electron chi connectivity index (χ3n) is 4.32. The quantitative estimate of drug-likeness (QED) is 0.745. The van der Waals surface area contributed by atoms with Gasteiger partial charge in [-0.3, -0.25) is 0 Å². The van der Waals surface area contributed by atoms with Crippen LogP contribution in [0.1, 0.15) is 60.3 Å². The average Bonchev–Trinajstić information content (AvgIpc) is 2.17. The molecule has 15 heavy (non-hydrogen) atoms. The van der Waals surface area contributed by atoms with Crippen molar-refractivity contribution < 1.29 is 0 Å². The van der Waals surface area contributed by atoms with Crippen molar-refractivity contribution in [1.82, 2.24) is 5.32 Å². The van der Waals surface area contributed by atoms with E-state index in [1.807, 2.05) is 0 Å². The topological polar surface area (TPSA) is 12.0 Å². The van der Waals surface area contributed by atoms with E-state index in [0.717, 1.165) is 17.9 Å². The minimum absolute atomic E-state index is 0.455. The molecule has 1 saturated carbocycles. The van der Waals surface area contributed by atoms with Crippen LogP contribution in [0.5, 0.6) is 0 Å². The lowest BCUT2D eigenvalue weighted by atomic mass is 9.78. The summed E-state index contributed by atoms with van der Waals surface area (Å²) in [7, 11) is 0. The van der Waals surface area contributed by atoms with Gasteiger partial charge in [-0.05, 0) is 36.5 Å². The second-order valence-corrected chi connectivity index (χ2v) is 6.31. The number of nitrogens with one attached hydrogen (secondary N) is 1. The van der Waals surface area contributed by atoms with Crippen LogP contribution in [0, 0.1) is 17.3 Å². The molecule has 0 aromatic heterocycles. The molecule has 0 amide bonds. The summed E-state index contributed by atoms with van der Waals surface area (Å²) in [5.74, 6) is 1.72. The summed E-state index contributed by atoms with van der Waals surface area (Å²) in [6.07, 6.45) is 5.51. The van der Waals surface area contributed by atoms with E-state index in [1.54, 1.807) is 0 Å². The molecule has 1 aliphatic carbocycles. The van der Waals surface area contributed by atoms with Crippen LogP contribution in [0.3, 0.4) is 0 Å². The van der Waals surface area contributed by atoms with Crippen LogP contribution < -0.4 is 5.32 Å². The molecular formula is C14H29N. The lowest BCUT2D eigenvalue weighted by Crippen LogP contribution is -2.46. The van der Waals surface area contributed by atoms with Gasteiger partial charge < -0.3 is 5.32 Å². The van der Waals surface area contributed by atoms with E-state index < -0.39 is 0 Å². The summed E-state index contributed by atoms with van der Waals surface area (Å²) < 4.78 is 0. The Morgan fingerprint density at radius 3 is 2.13 bits per heavy atom. The first kappa shape index (κ1) is 13.0. The summed E-state index contributed by atoms with van der Waals surface area (Å²) in [6, 6.07) is 0.754. The summed E-state index contributed by atoms with van der Waals surface area (Å²) >= 11 is 0. The fourth-order valence-electron chi connectivity index (χ4n) is 2.60. The molecule has 0 radical (unpaired) electrons. The molecule has 90 valence electrons. The molecule has 2 unspecified atom stereocenters. The van der Waals surface area contributed by atoms with Crippen molar-refractivity contribution in [2.45, 2.75) is 66.3 Å². The molecule has 0 aliphatic heterocycles. The minimum atomic E-state index is 0.455. The van der Waals surface area contributed by atoms with E-state index in [-0.39, 0.29) is 0 Å². The van der Waals surface area contributed by atoms with Crippen molar-refractivity contribution in [2.75, 3.05) is 6.54 Å². The van der Waals surface area contributed by atoms with Crippen molar-refractivity contribution in [1.29, 1.82) is 0 Å². The van der Waals surface area contributed by atoms with Crippen LogP contribution in [-0.4, -0.2) is 12.6 Å². The van der Waals surface area contributed by atoms with Crippen LogP contribution in [0.15, 0.2) is 0 Å². The van der Waals surface area contributed by atoms with E-state index >= 15 is 0 Å². The predicted octanol–water partition coefficient (Wildman–Crippen LogP) is 3.84. The zero-order valence-corrected chi connectivity index (χ0v) is 11.3. The molecule has 1 fully saturated rings. The van der Waals surface area contributed by atoms with Gasteiger partial charge in [-0.2, -0.15) is 0 Å². The lowest BCUT2D eigenvalue weighted by Gasteiger charge is -2.37. The summed E-state index contributed by atoms with van der Waals surface area (Å²) in [5, 5.41) is 3.81. The van der Waals surface area contributed by atoms with Gasteiger partial charge in [0.15, 0.2) is 0 Å². The molecule has 2 atom stereocenters. The van der Waals surface area contributed by atoms with Gasteiger partial charge in [-0.25, -0.2) is 0 Å². The maximum absolute atomic E-state index is 3.81. The molecule has 1 aliphatic rings. The predicted molar refractivity (Wildman–Crippen MR) is 68.0 cm³/mol. The van der Waals surface area contributed by atoms with Crippen molar-refractivity contribution in [3.8, 4) is 0 Å².